The van der Waals surface area contributed by atoms with Crippen LogP contribution in [0.15, 0.2) is 18.2 Å². The molecule has 1 amide bonds. The van der Waals surface area contributed by atoms with E-state index >= 15 is 0 Å². The van der Waals surface area contributed by atoms with Crippen molar-refractivity contribution in [3.05, 3.63) is 34.9 Å². The van der Waals surface area contributed by atoms with Gasteiger partial charge in [0.25, 0.3) is 0 Å². The van der Waals surface area contributed by atoms with Gasteiger partial charge in [0.05, 0.1) is 6.07 Å². The predicted molar refractivity (Wildman–Crippen MR) is 76.8 cm³/mol. The van der Waals surface area contributed by atoms with Gasteiger partial charge in [0, 0.05) is 24.8 Å². The molecule has 0 fully saturated rings. The number of benzene rings is 1. The maximum Gasteiger partial charge on any atom is 0.221 e. The smallest absolute Gasteiger partial charge is 0.221 e. The largest absolute Gasteiger partial charge is 0.355 e. The van der Waals surface area contributed by atoms with E-state index in [1.807, 2.05) is 6.07 Å². The molecule has 1 rings (SSSR count). The van der Waals surface area contributed by atoms with E-state index in [4.69, 9.17) is 5.26 Å². The van der Waals surface area contributed by atoms with Crippen LogP contribution in [0, 0.1) is 25.2 Å². The topological polar surface area (TPSA) is 52.9 Å². The Kier molecular flexibility index (Phi) is 5.11. The van der Waals surface area contributed by atoms with Gasteiger partial charge < -0.3 is 5.32 Å². The zero-order chi connectivity index (χ0) is 14.5. The number of amides is 1. The molecule has 0 saturated carbocycles. The highest BCUT2D eigenvalue weighted by Crippen LogP contribution is 2.26. The molecule has 0 aliphatic carbocycles. The summed E-state index contributed by atoms with van der Waals surface area (Å²) in [5.41, 5.74) is 3.63. The van der Waals surface area contributed by atoms with Crippen molar-refractivity contribution in [2.45, 2.75) is 46.0 Å². The van der Waals surface area contributed by atoms with Crippen LogP contribution in [-0.4, -0.2) is 12.5 Å². The van der Waals surface area contributed by atoms with Crippen LogP contribution < -0.4 is 5.32 Å². The number of hydrogen-bond donors (Lipinski definition) is 1. The number of nitrogens with one attached hydrogen (secondary N) is 1. The molecule has 0 saturated heterocycles. The minimum Gasteiger partial charge on any atom is -0.355 e. The quantitative estimate of drug-likeness (QED) is 0.882. The molecule has 0 aromatic heterocycles. The van der Waals surface area contributed by atoms with Gasteiger partial charge in [-0.15, -0.1) is 0 Å². The van der Waals surface area contributed by atoms with Gasteiger partial charge in [0.15, 0.2) is 0 Å². The summed E-state index contributed by atoms with van der Waals surface area (Å²) in [7, 11) is 0. The van der Waals surface area contributed by atoms with Crippen LogP contribution in [0.4, 0.5) is 0 Å². The van der Waals surface area contributed by atoms with Crippen LogP contribution in [-0.2, 0) is 10.2 Å². The predicted octanol–water partition coefficient (Wildman–Crippen LogP) is 3.00. The van der Waals surface area contributed by atoms with Crippen molar-refractivity contribution in [3.63, 3.8) is 0 Å². The third-order valence-corrected chi connectivity index (χ3v) is 3.30. The average Bonchev–Trinajstić information content (AvgIpc) is 2.33. The van der Waals surface area contributed by atoms with E-state index in [9.17, 15) is 4.79 Å². The number of carbonyl (C=O) groups is 1. The Balaban J connectivity index is 2.70. The van der Waals surface area contributed by atoms with Crippen molar-refractivity contribution in [1.29, 1.82) is 5.26 Å². The second-order valence-corrected chi connectivity index (χ2v) is 5.64. The Bertz CT molecular complexity index is 498. The highest BCUT2D eigenvalue weighted by atomic mass is 16.1. The summed E-state index contributed by atoms with van der Waals surface area (Å²) in [5.74, 6) is -0.0561. The van der Waals surface area contributed by atoms with Gasteiger partial charge in [-0.05, 0) is 25.0 Å². The second kappa shape index (κ2) is 6.38. The Morgan fingerprint density at radius 3 is 2.63 bits per heavy atom. The minimum atomic E-state index is -0.111. The zero-order valence-electron chi connectivity index (χ0n) is 12.2. The first-order valence-corrected chi connectivity index (χ1v) is 6.58. The lowest BCUT2D eigenvalue weighted by Crippen LogP contribution is -2.37. The van der Waals surface area contributed by atoms with E-state index in [0.29, 0.717) is 6.54 Å². The lowest BCUT2D eigenvalue weighted by molar-refractivity contribution is -0.121. The van der Waals surface area contributed by atoms with E-state index in [2.05, 4.69) is 51.2 Å². The van der Waals surface area contributed by atoms with Gasteiger partial charge in [-0.1, -0.05) is 37.6 Å². The molecule has 0 atom stereocenters. The molecule has 0 radical (unpaired) electrons. The molecule has 1 N–H and O–H groups in total. The first-order chi connectivity index (χ1) is 8.86. The van der Waals surface area contributed by atoms with Crippen LogP contribution >= 0.6 is 0 Å². The Hall–Kier alpha value is -1.82. The summed E-state index contributed by atoms with van der Waals surface area (Å²) in [6, 6.07) is 8.37. The summed E-state index contributed by atoms with van der Waals surface area (Å²) in [4.78, 5) is 11.6. The van der Waals surface area contributed by atoms with E-state index < -0.39 is 0 Å². The molecule has 0 bridgehead atoms. The SMILES string of the molecule is Cc1ccc(C(C)(C)CNC(=O)CCC#N)c(C)c1. The van der Waals surface area contributed by atoms with E-state index in [1.54, 1.807) is 0 Å². The minimum absolute atomic E-state index is 0.0561. The van der Waals surface area contributed by atoms with Crippen molar-refractivity contribution in [1.82, 2.24) is 5.32 Å². The molecule has 19 heavy (non-hydrogen) atoms. The van der Waals surface area contributed by atoms with Crippen molar-refractivity contribution < 1.29 is 4.79 Å². The molecular weight excluding hydrogens is 236 g/mol. The number of aryl methyl sites for hydroxylation is 2. The highest BCUT2D eigenvalue weighted by Gasteiger charge is 2.23. The number of hydrogen-bond acceptors (Lipinski definition) is 2. The third kappa shape index (κ3) is 4.40. The lowest BCUT2D eigenvalue weighted by atomic mass is 9.81. The van der Waals surface area contributed by atoms with Crippen LogP contribution in [0.2, 0.25) is 0 Å². The van der Waals surface area contributed by atoms with Gasteiger partial charge >= 0.3 is 0 Å². The first kappa shape index (κ1) is 15.2. The summed E-state index contributed by atoms with van der Waals surface area (Å²) < 4.78 is 0. The molecule has 0 unspecified atom stereocenters. The van der Waals surface area contributed by atoms with Crippen LogP contribution in [0.1, 0.15) is 43.4 Å². The Labute approximate surface area is 115 Å². The van der Waals surface area contributed by atoms with E-state index in [0.717, 1.165) is 0 Å². The van der Waals surface area contributed by atoms with Crippen molar-refractivity contribution in [2.75, 3.05) is 6.54 Å². The average molecular weight is 258 g/mol. The normalized spacial score (nSPS) is 10.9. The van der Waals surface area contributed by atoms with Crippen molar-refractivity contribution in [2.24, 2.45) is 0 Å². The summed E-state index contributed by atoms with van der Waals surface area (Å²) in [5, 5.41) is 11.4. The molecule has 0 spiro atoms. The fourth-order valence-corrected chi connectivity index (χ4v) is 2.25. The molecule has 1 aromatic carbocycles. The standard InChI is InChI=1S/C16H22N2O/c1-12-7-8-14(13(2)10-12)16(3,4)11-18-15(19)6-5-9-17/h7-8,10H,5-6,11H2,1-4H3,(H,18,19). The van der Waals surface area contributed by atoms with Crippen LogP contribution in [0.3, 0.4) is 0 Å². The number of carbonyl (C=O) groups excluding carboxylic acids is 1. The Morgan fingerprint density at radius 1 is 1.37 bits per heavy atom. The van der Waals surface area contributed by atoms with Gasteiger partial charge in [-0.3, -0.25) is 4.79 Å². The fraction of sp³-hybridized carbons (Fsp3) is 0.500. The zero-order valence-corrected chi connectivity index (χ0v) is 12.2. The highest BCUT2D eigenvalue weighted by molar-refractivity contribution is 5.76. The summed E-state index contributed by atoms with van der Waals surface area (Å²) in [6.07, 6.45) is 0.551. The van der Waals surface area contributed by atoms with E-state index in [-0.39, 0.29) is 24.2 Å². The molecule has 0 aliphatic heterocycles. The molecule has 0 aliphatic rings. The molecular formula is C16H22N2O. The van der Waals surface area contributed by atoms with Gasteiger partial charge in [-0.2, -0.15) is 5.26 Å². The summed E-state index contributed by atoms with van der Waals surface area (Å²) >= 11 is 0. The maximum absolute atomic E-state index is 11.6. The van der Waals surface area contributed by atoms with Gasteiger partial charge in [0.1, 0.15) is 0 Å². The molecule has 0 heterocycles. The molecule has 1 aromatic rings. The number of nitriles is 1. The molecule has 3 nitrogen and oxygen atoms in total. The number of nitrogens with zero attached hydrogens (tertiary/aromatic N) is 1. The van der Waals surface area contributed by atoms with Gasteiger partial charge in [-0.25, -0.2) is 0 Å². The molecule has 3 heteroatoms. The first-order valence-electron chi connectivity index (χ1n) is 6.58. The Morgan fingerprint density at radius 2 is 2.05 bits per heavy atom. The van der Waals surface area contributed by atoms with Gasteiger partial charge in [0.2, 0.25) is 5.91 Å². The summed E-state index contributed by atoms with van der Waals surface area (Å²) in [6.45, 7) is 9.00. The monoisotopic (exact) mass is 258 g/mol. The number of rotatable bonds is 5. The van der Waals surface area contributed by atoms with E-state index in [1.165, 1.54) is 16.7 Å². The lowest BCUT2D eigenvalue weighted by Gasteiger charge is -2.27. The fourth-order valence-electron chi connectivity index (χ4n) is 2.25. The second-order valence-electron chi connectivity index (χ2n) is 5.64. The van der Waals surface area contributed by atoms with Crippen LogP contribution in [0.5, 0.6) is 0 Å². The van der Waals surface area contributed by atoms with Crippen molar-refractivity contribution in [3.8, 4) is 6.07 Å². The van der Waals surface area contributed by atoms with Crippen molar-refractivity contribution >= 4 is 5.91 Å². The van der Waals surface area contributed by atoms with Crippen LogP contribution in [0.25, 0.3) is 0 Å². The maximum atomic E-state index is 11.6. The molecule has 102 valence electrons. The third-order valence-electron chi connectivity index (χ3n) is 3.30.